The number of aliphatic carboxylic acids is 1. The first kappa shape index (κ1) is 9.49. The smallest absolute Gasteiger partial charge is 0.312 e. The molecule has 1 spiro atoms. The highest BCUT2D eigenvalue weighted by molar-refractivity contribution is 5.93. The summed E-state index contributed by atoms with van der Waals surface area (Å²) in [7, 11) is 0. The first-order chi connectivity index (χ1) is 6.61. The molecule has 2 aliphatic rings. The Bertz CT molecular complexity index is 271. The van der Waals surface area contributed by atoms with E-state index in [1.165, 1.54) is 19.3 Å². The molecule has 1 saturated carbocycles. The lowest BCUT2D eigenvalue weighted by molar-refractivity contribution is -0.144. The minimum absolute atomic E-state index is 0.221. The average molecular weight is 197 g/mol. The van der Waals surface area contributed by atoms with Gasteiger partial charge in [-0.25, -0.2) is 0 Å². The van der Waals surface area contributed by atoms with Gasteiger partial charge < -0.3 is 10.0 Å². The lowest BCUT2D eigenvalue weighted by atomic mass is 9.68. The van der Waals surface area contributed by atoms with Gasteiger partial charge in [0.25, 0.3) is 0 Å². The van der Waals surface area contributed by atoms with E-state index in [1.54, 1.807) is 4.90 Å². The first-order valence-corrected chi connectivity index (χ1v) is 5.11. The fraction of sp³-hybridized carbons (Fsp3) is 0.800. The van der Waals surface area contributed by atoms with Crippen LogP contribution in [0.5, 0.6) is 0 Å². The molecule has 1 saturated heterocycles. The van der Waals surface area contributed by atoms with Gasteiger partial charge in [0.1, 0.15) is 6.42 Å². The van der Waals surface area contributed by atoms with Gasteiger partial charge in [-0.1, -0.05) is 6.42 Å². The molecule has 2 rings (SSSR count). The summed E-state index contributed by atoms with van der Waals surface area (Å²) in [4.78, 5) is 23.5. The minimum Gasteiger partial charge on any atom is -0.481 e. The lowest BCUT2D eigenvalue weighted by Crippen LogP contribution is -2.36. The predicted octanol–water partition coefficient (Wildman–Crippen LogP) is 0.864. The molecule has 0 aromatic rings. The van der Waals surface area contributed by atoms with E-state index in [0.717, 1.165) is 19.5 Å². The first-order valence-electron chi connectivity index (χ1n) is 5.11. The molecule has 4 nitrogen and oxygen atoms in total. The standard InChI is InChI=1S/C10H15NO3/c12-8(6-9(13)14)11-5-4-10(7-11)2-1-3-10/h1-7H2,(H,13,14). The summed E-state index contributed by atoms with van der Waals surface area (Å²) in [5, 5.41) is 8.50. The van der Waals surface area contributed by atoms with Gasteiger partial charge in [0.2, 0.25) is 5.91 Å². The summed E-state index contributed by atoms with van der Waals surface area (Å²) in [6.45, 7) is 1.55. The number of amides is 1. The van der Waals surface area contributed by atoms with Crippen LogP contribution in [0.4, 0.5) is 0 Å². The third-order valence-electron chi connectivity index (χ3n) is 3.51. The predicted molar refractivity (Wildman–Crippen MR) is 49.7 cm³/mol. The molecule has 1 aliphatic heterocycles. The van der Waals surface area contributed by atoms with Crippen LogP contribution in [0, 0.1) is 5.41 Å². The highest BCUT2D eigenvalue weighted by Gasteiger charge is 2.44. The molecule has 0 radical (unpaired) electrons. The Labute approximate surface area is 82.9 Å². The zero-order chi connectivity index (χ0) is 10.2. The zero-order valence-electron chi connectivity index (χ0n) is 8.16. The number of nitrogens with zero attached hydrogens (tertiary/aromatic N) is 1. The Kier molecular flexibility index (Phi) is 2.21. The summed E-state index contributed by atoms with van der Waals surface area (Å²) >= 11 is 0. The van der Waals surface area contributed by atoms with Gasteiger partial charge in [-0.2, -0.15) is 0 Å². The lowest BCUT2D eigenvalue weighted by Gasteiger charge is -2.37. The van der Waals surface area contributed by atoms with Crippen LogP contribution in [0.1, 0.15) is 32.1 Å². The Morgan fingerprint density at radius 3 is 2.43 bits per heavy atom. The monoisotopic (exact) mass is 197 g/mol. The van der Waals surface area contributed by atoms with E-state index in [4.69, 9.17) is 5.11 Å². The number of hydrogen-bond donors (Lipinski definition) is 1. The molecule has 0 aromatic heterocycles. The molecular formula is C10H15NO3. The van der Waals surface area contributed by atoms with Crippen molar-refractivity contribution in [1.82, 2.24) is 4.90 Å². The summed E-state index contributed by atoms with van der Waals surface area (Å²) in [5.74, 6) is -1.24. The Morgan fingerprint density at radius 1 is 1.29 bits per heavy atom. The highest BCUT2D eigenvalue weighted by Crippen LogP contribution is 2.47. The maximum absolute atomic E-state index is 11.4. The molecule has 1 heterocycles. The number of rotatable bonds is 2. The second-order valence-corrected chi connectivity index (χ2v) is 4.49. The van der Waals surface area contributed by atoms with Gasteiger partial charge in [0.05, 0.1) is 0 Å². The Hall–Kier alpha value is -1.06. The van der Waals surface area contributed by atoms with Crippen LogP contribution in [0.15, 0.2) is 0 Å². The van der Waals surface area contributed by atoms with Crippen molar-refractivity contribution in [3.8, 4) is 0 Å². The third kappa shape index (κ3) is 1.61. The second-order valence-electron chi connectivity index (χ2n) is 4.49. The van der Waals surface area contributed by atoms with E-state index in [2.05, 4.69) is 0 Å². The third-order valence-corrected chi connectivity index (χ3v) is 3.51. The summed E-state index contributed by atoms with van der Waals surface area (Å²) in [6.07, 6.45) is 4.41. The molecule has 0 atom stereocenters. The molecule has 1 aliphatic carbocycles. The number of likely N-dealkylation sites (tertiary alicyclic amines) is 1. The van der Waals surface area contributed by atoms with E-state index in [-0.39, 0.29) is 12.3 Å². The number of carbonyl (C=O) groups excluding carboxylic acids is 1. The molecule has 2 fully saturated rings. The van der Waals surface area contributed by atoms with E-state index < -0.39 is 5.97 Å². The SMILES string of the molecule is O=C(O)CC(=O)N1CCC2(CCC2)C1. The number of carboxylic acids is 1. The van der Waals surface area contributed by atoms with Crippen molar-refractivity contribution in [3.63, 3.8) is 0 Å². The van der Waals surface area contributed by atoms with E-state index in [9.17, 15) is 9.59 Å². The van der Waals surface area contributed by atoms with Crippen molar-refractivity contribution in [1.29, 1.82) is 0 Å². The Morgan fingerprint density at radius 2 is 2.00 bits per heavy atom. The highest BCUT2D eigenvalue weighted by atomic mass is 16.4. The van der Waals surface area contributed by atoms with E-state index >= 15 is 0 Å². The van der Waals surface area contributed by atoms with Crippen molar-refractivity contribution in [2.75, 3.05) is 13.1 Å². The maximum Gasteiger partial charge on any atom is 0.312 e. The van der Waals surface area contributed by atoms with Crippen LogP contribution in [-0.4, -0.2) is 35.0 Å². The Balaban J connectivity index is 1.88. The van der Waals surface area contributed by atoms with E-state index in [1.807, 2.05) is 0 Å². The quantitative estimate of drug-likeness (QED) is 0.668. The average Bonchev–Trinajstić information content (AvgIpc) is 2.45. The molecule has 0 aromatic carbocycles. The molecule has 1 N–H and O–H groups in total. The van der Waals surface area contributed by atoms with Crippen molar-refractivity contribution >= 4 is 11.9 Å². The topological polar surface area (TPSA) is 57.6 Å². The van der Waals surface area contributed by atoms with Crippen molar-refractivity contribution < 1.29 is 14.7 Å². The van der Waals surface area contributed by atoms with Crippen LogP contribution in [0.3, 0.4) is 0 Å². The molecule has 14 heavy (non-hydrogen) atoms. The van der Waals surface area contributed by atoms with Crippen LogP contribution in [0.2, 0.25) is 0 Å². The summed E-state index contributed by atoms with van der Waals surface area (Å²) in [5.41, 5.74) is 0.369. The number of carbonyl (C=O) groups is 2. The largest absolute Gasteiger partial charge is 0.481 e. The fourth-order valence-electron chi connectivity index (χ4n) is 2.47. The van der Waals surface area contributed by atoms with Crippen LogP contribution in [-0.2, 0) is 9.59 Å². The maximum atomic E-state index is 11.4. The van der Waals surface area contributed by atoms with Gasteiger partial charge >= 0.3 is 5.97 Å². The molecule has 1 amide bonds. The zero-order valence-corrected chi connectivity index (χ0v) is 8.16. The van der Waals surface area contributed by atoms with Gasteiger partial charge in [0.15, 0.2) is 0 Å². The van der Waals surface area contributed by atoms with Gasteiger partial charge in [-0.05, 0) is 24.7 Å². The number of hydrogen-bond acceptors (Lipinski definition) is 2. The molecule has 0 bridgehead atoms. The molecular weight excluding hydrogens is 182 g/mol. The van der Waals surface area contributed by atoms with Crippen molar-refractivity contribution in [2.45, 2.75) is 32.1 Å². The normalized spacial score (nSPS) is 23.6. The minimum atomic E-state index is -1.02. The summed E-state index contributed by atoms with van der Waals surface area (Å²) < 4.78 is 0. The van der Waals surface area contributed by atoms with Gasteiger partial charge in [0, 0.05) is 13.1 Å². The van der Waals surface area contributed by atoms with Gasteiger partial charge in [-0.15, -0.1) is 0 Å². The van der Waals surface area contributed by atoms with E-state index in [0.29, 0.717) is 5.41 Å². The van der Waals surface area contributed by atoms with Crippen LogP contribution < -0.4 is 0 Å². The molecule has 4 heteroatoms. The molecule has 78 valence electrons. The molecule has 0 unspecified atom stereocenters. The van der Waals surface area contributed by atoms with Crippen LogP contribution >= 0.6 is 0 Å². The van der Waals surface area contributed by atoms with Gasteiger partial charge in [-0.3, -0.25) is 9.59 Å². The fourth-order valence-corrected chi connectivity index (χ4v) is 2.47. The van der Waals surface area contributed by atoms with Crippen LogP contribution in [0.25, 0.3) is 0 Å². The second kappa shape index (κ2) is 3.26. The van der Waals surface area contributed by atoms with Crippen molar-refractivity contribution in [3.05, 3.63) is 0 Å². The van der Waals surface area contributed by atoms with Crippen molar-refractivity contribution in [2.24, 2.45) is 5.41 Å². The summed E-state index contributed by atoms with van der Waals surface area (Å²) in [6, 6.07) is 0. The number of carboxylic acid groups (broad SMARTS) is 1.